The third kappa shape index (κ3) is 4.52. The molecule has 0 spiro atoms. The topological polar surface area (TPSA) is 97.5 Å². The van der Waals surface area contributed by atoms with Crippen LogP contribution in [0.25, 0.3) is 16.9 Å². The molecule has 1 fully saturated rings. The quantitative estimate of drug-likeness (QED) is 0.320. The normalized spacial score (nSPS) is 19.9. The van der Waals surface area contributed by atoms with Crippen LogP contribution in [0.15, 0.2) is 42.9 Å². The summed E-state index contributed by atoms with van der Waals surface area (Å²) in [6.45, 7) is 3.80. The molecule has 4 aromatic rings. The number of carbonyl (C=O) groups excluding carboxylic acids is 1. The number of fused-ring (bicyclic) bond motifs is 4. The van der Waals surface area contributed by atoms with Gasteiger partial charge in [-0.3, -0.25) is 4.79 Å². The van der Waals surface area contributed by atoms with Gasteiger partial charge in [0.05, 0.1) is 23.0 Å². The van der Waals surface area contributed by atoms with Crippen molar-refractivity contribution < 1.29 is 18.3 Å². The predicted octanol–water partition coefficient (Wildman–Crippen LogP) is 5.46. The molecule has 0 saturated heterocycles. The van der Waals surface area contributed by atoms with Gasteiger partial charge in [0.1, 0.15) is 11.6 Å². The fourth-order valence-electron chi connectivity index (χ4n) is 6.00. The highest BCUT2D eigenvalue weighted by Crippen LogP contribution is 2.43. The van der Waals surface area contributed by atoms with Gasteiger partial charge >= 0.3 is 6.61 Å². The Morgan fingerprint density at radius 1 is 1.15 bits per heavy atom. The molecule has 6 rings (SSSR count). The predicted molar refractivity (Wildman–Crippen MR) is 149 cm³/mol. The highest BCUT2D eigenvalue weighted by Gasteiger charge is 2.41. The maximum absolute atomic E-state index is 13.4. The molecule has 1 aliphatic carbocycles. The number of rotatable bonds is 7. The summed E-state index contributed by atoms with van der Waals surface area (Å²) in [5.74, 6) is -0.0227. The highest BCUT2D eigenvalue weighted by atomic mass is 19.3. The summed E-state index contributed by atoms with van der Waals surface area (Å²) in [6.07, 6.45) is 9.65. The second-order valence-electron chi connectivity index (χ2n) is 10.9. The number of nitrogens with zero attached hydrogens (tertiary/aromatic N) is 6. The van der Waals surface area contributed by atoms with Crippen molar-refractivity contribution in [3.8, 4) is 17.0 Å². The average Bonchev–Trinajstić information content (AvgIpc) is 3.33. The van der Waals surface area contributed by atoms with Crippen molar-refractivity contribution in [3.05, 3.63) is 71.1 Å². The zero-order valence-electron chi connectivity index (χ0n) is 23.6. The van der Waals surface area contributed by atoms with Crippen LogP contribution in [0.4, 0.5) is 8.78 Å². The van der Waals surface area contributed by atoms with Crippen molar-refractivity contribution >= 4 is 11.6 Å². The minimum atomic E-state index is -3.03. The molecule has 1 N–H and O–H groups in total. The summed E-state index contributed by atoms with van der Waals surface area (Å²) >= 11 is 0. The zero-order chi connectivity index (χ0) is 28.9. The van der Waals surface area contributed by atoms with Crippen LogP contribution in [0.5, 0.6) is 5.75 Å². The van der Waals surface area contributed by atoms with Crippen LogP contribution in [-0.4, -0.2) is 55.6 Å². The van der Waals surface area contributed by atoms with E-state index in [1.807, 2.05) is 26.1 Å². The van der Waals surface area contributed by atoms with E-state index in [1.165, 1.54) is 6.07 Å². The molecular formula is C30H33F2N7O2. The third-order valence-corrected chi connectivity index (χ3v) is 8.52. The first-order chi connectivity index (χ1) is 19.7. The Bertz CT molecular complexity index is 1600. The molecule has 0 bridgehead atoms. The Kier molecular flexibility index (Phi) is 6.93. The van der Waals surface area contributed by atoms with Crippen molar-refractivity contribution in [1.29, 1.82) is 0 Å². The van der Waals surface area contributed by atoms with Gasteiger partial charge in [0.25, 0.3) is 5.91 Å². The lowest BCUT2D eigenvalue weighted by Gasteiger charge is -2.41. The van der Waals surface area contributed by atoms with E-state index in [1.54, 1.807) is 41.0 Å². The molecule has 1 amide bonds. The summed E-state index contributed by atoms with van der Waals surface area (Å²) < 4.78 is 33.3. The Morgan fingerprint density at radius 3 is 2.56 bits per heavy atom. The summed E-state index contributed by atoms with van der Waals surface area (Å²) in [5, 5.41) is 8.42. The lowest BCUT2D eigenvalue weighted by Crippen LogP contribution is -2.49. The largest absolute Gasteiger partial charge is 0.434 e. The van der Waals surface area contributed by atoms with Crippen molar-refractivity contribution in [1.82, 2.24) is 34.8 Å². The number of nitrogens with one attached hydrogen (secondary N) is 1. The van der Waals surface area contributed by atoms with Crippen molar-refractivity contribution in [2.24, 2.45) is 0 Å². The Balaban J connectivity index is 1.45. The SMILES string of the molecule is CCCNC1(c2ncc(-c3ccn4nc5c(c4n3)C(C)c3c(OC(F)F)cccc3C(=O)N(C)C5C)cn2)CCC1. The number of ether oxygens (including phenoxy) is 1. The van der Waals surface area contributed by atoms with Gasteiger partial charge in [0, 0.05) is 53.8 Å². The third-order valence-electron chi connectivity index (χ3n) is 8.52. The minimum absolute atomic E-state index is 0.0339. The summed E-state index contributed by atoms with van der Waals surface area (Å²) in [6, 6.07) is 6.14. The number of hydrogen-bond acceptors (Lipinski definition) is 7. The number of benzene rings is 1. The maximum Gasteiger partial charge on any atom is 0.387 e. The monoisotopic (exact) mass is 561 g/mol. The van der Waals surface area contributed by atoms with Crippen LogP contribution in [-0.2, 0) is 5.54 Å². The van der Waals surface area contributed by atoms with E-state index in [-0.39, 0.29) is 23.2 Å². The molecule has 1 aliphatic heterocycles. The van der Waals surface area contributed by atoms with Crippen LogP contribution < -0.4 is 10.1 Å². The molecule has 2 unspecified atom stereocenters. The number of carbonyl (C=O) groups is 1. The second kappa shape index (κ2) is 10.4. The van der Waals surface area contributed by atoms with Crippen molar-refractivity contribution in [2.75, 3.05) is 13.6 Å². The Hall–Kier alpha value is -3.99. The number of alkyl halides is 2. The van der Waals surface area contributed by atoms with E-state index in [9.17, 15) is 13.6 Å². The molecular weight excluding hydrogens is 528 g/mol. The highest BCUT2D eigenvalue weighted by molar-refractivity contribution is 5.97. The van der Waals surface area contributed by atoms with Crippen LogP contribution in [0, 0.1) is 0 Å². The van der Waals surface area contributed by atoms with E-state index < -0.39 is 12.5 Å². The lowest BCUT2D eigenvalue weighted by molar-refractivity contribution is -0.0506. The fourth-order valence-corrected chi connectivity index (χ4v) is 6.00. The fraction of sp³-hybridized carbons (Fsp3) is 0.433. The minimum Gasteiger partial charge on any atom is -0.434 e. The maximum atomic E-state index is 13.4. The Morgan fingerprint density at radius 2 is 1.90 bits per heavy atom. The summed E-state index contributed by atoms with van der Waals surface area (Å²) in [5.41, 5.74) is 3.94. The second-order valence-corrected chi connectivity index (χ2v) is 10.9. The first kappa shape index (κ1) is 27.2. The smallest absolute Gasteiger partial charge is 0.387 e. The number of hydrogen-bond donors (Lipinski definition) is 1. The van der Waals surface area contributed by atoms with Gasteiger partial charge in [0.2, 0.25) is 0 Å². The van der Waals surface area contributed by atoms with Crippen molar-refractivity contribution in [2.45, 2.75) is 70.6 Å². The van der Waals surface area contributed by atoms with E-state index in [0.717, 1.165) is 49.2 Å². The molecule has 4 heterocycles. The van der Waals surface area contributed by atoms with Gasteiger partial charge in [-0.15, -0.1) is 0 Å². The molecule has 0 radical (unpaired) electrons. The molecule has 1 saturated carbocycles. The zero-order valence-corrected chi connectivity index (χ0v) is 23.6. The molecule has 3 aromatic heterocycles. The van der Waals surface area contributed by atoms with Crippen molar-refractivity contribution in [3.63, 3.8) is 0 Å². The number of halogens is 2. The van der Waals surface area contributed by atoms with Crippen LogP contribution in [0.2, 0.25) is 0 Å². The number of amides is 1. The first-order valence-electron chi connectivity index (χ1n) is 14.1. The van der Waals surface area contributed by atoms with Gasteiger partial charge in [-0.05, 0) is 57.4 Å². The van der Waals surface area contributed by atoms with Gasteiger partial charge < -0.3 is 15.0 Å². The van der Waals surface area contributed by atoms with E-state index in [2.05, 4.69) is 12.2 Å². The van der Waals surface area contributed by atoms with E-state index >= 15 is 0 Å². The van der Waals surface area contributed by atoms with E-state index in [4.69, 9.17) is 24.8 Å². The molecule has 1 aromatic carbocycles. The molecule has 2 aliphatic rings. The number of aromatic nitrogens is 5. The summed E-state index contributed by atoms with van der Waals surface area (Å²) in [4.78, 5) is 29.4. The van der Waals surface area contributed by atoms with Gasteiger partial charge in [0.15, 0.2) is 5.65 Å². The van der Waals surface area contributed by atoms with E-state index in [0.29, 0.717) is 28.2 Å². The molecule has 9 nitrogen and oxygen atoms in total. The van der Waals surface area contributed by atoms with Gasteiger partial charge in [-0.1, -0.05) is 19.9 Å². The average molecular weight is 562 g/mol. The first-order valence-corrected chi connectivity index (χ1v) is 14.1. The van der Waals surface area contributed by atoms with Gasteiger partial charge in [-0.2, -0.15) is 13.9 Å². The molecule has 41 heavy (non-hydrogen) atoms. The lowest BCUT2D eigenvalue weighted by atomic mass is 9.76. The molecule has 11 heteroatoms. The molecule has 2 atom stereocenters. The van der Waals surface area contributed by atoms with Crippen LogP contribution in [0.3, 0.4) is 0 Å². The van der Waals surface area contributed by atoms with Gasteiger partial charge in [-0.25, -0.2) is 19.5 Å². The van der Waals surface area contributed by atoms with Crippen LogP contribution in [0.1, 0.15) is 91.4 Å². The standard InChI is InChI=1S/C30H33F2N7O2/c1-5-13-35-30(11-7-12-30)28-33-15-19(16-34-28)21-10-14-39-26(36-21)24-17(2)23-20(8-6-9-22(23)41-29(31)32)27(40)38(4)18(3)25(24)37-39/h6,8-10,14-18,29,35H,5,7,11-13H2,1-4H3. The van der Waals surface area contributed by atoms with Crippen LogP contribution >= 0.6 is 0 Å². The Labute approximate surface area is 237 Å². The molecule has 214 valence electrons. The summed E-state index contributed by atoms with van der Waals surface area (Å²) in [7, 11) is 1.68.